The van der Waals surface area contributed by atoms with Crippen molar-refractivity contribution in [2.75, 3.05) is 18.5 Å². The summed E-state index contributed by atoms with van der Waals surface area (Å²) >= 11 is 2.01. The second-order valence-corrected chi connectivity index (χ2v) is 6.55. The van der Waals surface area contributed by atoms with Crippen molar-refractivity contribution in [2.24, 2.45) is 0 Å². The number of hydrogen-bond acceptors (Lipinski definition) is 5. The maximum absolute atomic E-state index is 13.7. The molecular weight excluding hydrogens is 478 g/mol. The number of nitrogens with one attached hydrogen (secondary N) is 1. The minimum absolute atomic E-state index is 0.00839. The van der Waals surface area contributed by atoms with E-state index in [0.717, 1.165) is 0 Å². The van der Waals surface area contributed by atoms with Gasteiger partial charge in [-0.1, -0.05) is 18.2 Å². The number of amides is 1. The van der Waals surface area contributed by atoms with Crippen LogP contribution in [0.1, 0.15) is 12.5 Å². The summed E-state index contributed by atoms with van der Waals surface area (Å²) in [4.78, 5) is 23.6. The fourth-order valence-corrected chi connectivity index (χ4v) is 2.83. The van der Waals surface area contributed by atoms with Crippen LogP contribution in [0.3, 0.4) is 0 Å². The van der Waals surface area contributed by atoms with Crippen molar-refractivity contribution < 1.29 is 23.5 Å². The van der Waals surface area contributed by atoms with Crippen molar-refractivity contribution in [2.45, 2.75) is 6.92 Å². The lowest BCUT2D eigenvalue weighted by Crippen LogP contribution is -2.15. The summed E-state index contributed by atoms with van der Waals surface area (Å²) < 4.78 is 24.5. The highest BCUT2D eigenvalue weighted by Crippen LogP contribution is 2.23. The van der Waals surface area contributed by atoms with Crippen LogP contribution >= 0.6 is 22.6 Å². The lowest BCUT2D eigenvalue weighted by atomic mass is 10.1. The van der Waals surface area contributed by atoms with E-state index in [2.05, 4.69) is 5.32 Å². The number of benzene rings is 2. The molecule has 0 aliphatic carbocycles. The van der Waals surface area contributed by atoms with E-state index in [1.54, 1.807) is 31.2 Å². The minimum atomic E-state index is -0.717. The Kier molecular flexibility index (Phi) is 7.95. The lowest BCUT2D eigenvalue weighted by molar-refractivity contribution is -0.145. The van der Waals surface area contributed by atoms with Gasteiger partial charge >= 0.3 is 5.97 Å². The number of nitrogens with zero attached hydrogens (tertiary/aromatic N) is 1. The zero-order valence-electron chi connectivity index (χ0n) is 14.9. The molecule has 0 radical (unpaired) electrons. The molecule has 0 unspecified atom stereocenters. The van der Waals surface area contributed by atoms with Gasteiger partial charge in [0.1, 0.15) is 23.2 Å². The monoisotopic (exact) mass is 494 g/mol. The Balaban J connectivity index is 2.12. The van der Waals surface area contributed by atoms with Gasteiger partial charge < -0.3 is 14.8 Å². The third-order valence-electron chi connectivity index (χ3n) is 3.40. The molecule has 2 aromatic carbocycles. The van der Waals surface area contributed by atoms with Crippen molar-refractivity contribution >= 4 is 46.2 Å². The molecule has 0 fully saturated rings. The number of halogens is 2. The smallest absolute Gasteiger partial charge is 0.344 e. The minimum Gasteiger partial charge on any atom is -0.481 e. The number of nitriles is 1. The topological polar surface area (TPSA) is 88.4 Å². The van der Waals surface area contributed by atoms with E-state index in [0.29, 0.717) is 14.9 Å². The third kappa shape index (κ3) is 6.06. The molecule has 28 heavy (non-hydrogen) atoms. The van der Waals surface area contributed by atoms with Gasteiger partial charge in [-0.2, -0.15) is 5.26 Å². The summed E-state index contributed by atoms with van der Waals surface area (Å²) in [5, 5.41) is 11.6. The highest BCUT2D eigenvalue weighted by Gasteiger charge is 2.13. The predicted octanol–water partition coefficient (Wildman–Crippen LogP) is 3.92. The number of rotatable bonds is 7. The van der Waals surface area contributed by atoms with Gasteiger partial charge in [0, 0.05) is 0 Å². The quantitative estimate of drug-likeness (QED) is 0.273. The van der Waals surface area contributed by atoms with E-state index >= 15 is 0 Å². The van der Waals surface area contributed by atoms with Gasteiger partial charge in [0.2, 0.25) is 0 Å². The molecule has 0 saturated carbocycles. The second-order valence-electron chi connectivity index (χ2n) is 5.39. The molecule has 0 aromatic heterocycles. The fourth-order valence-electron chi connectivity index (χ4n) is 2.13. The number of carbonyl (C=O) groups is 2. The molecule has 0 bridgehead atoms. The normalized spacial score (nSPS) is 10.7. The van der Waals surface area contributed by atoms with Gasteiger partial charge in [-0.3, -0.25) is 4.79 Å². The first-order valence-electron chi connectivity index (χ1n) is 8.20. The van der Waals surface area contributed by atoms with Crippen molar-refractivity contribution in [3.8, 4) is 11.8 Å². The van der Waals surface area contributed by atoms with Crippen LogP contribution in [0.25, 0.3) is 6.08 Å². The summed E-state index contributed by atoms with van der Waals surface area (Å²) in [6.07, 6.45) is 1.38. The average molecular weight is 494 g/mol. The summed E-state index contributed by atoms with van der Waals surface area (Å²) in [6, 6.07) is 12.4. The van der Waals surface area contributed by atoms with Crippen molar-refractivity contribution in [3.05, 3.63) is 63.0 Å². The zero-order valence-corrected chi connectivity index (χ0v) is 17.0. The van der Waals surface area contributed by atoms with Gasteiger partial charge in [-0.15, -0.1) is 0 Å². The van der Waals surface area contributed by atoms with Crippen LogP contribution in [0.4, 0.5) is 10.1 Å². The van der Waals surface area contributed by atoms with Gasteiger partial charge in [0.15, 0.2) is 6.61 Å². The maximum atomic E-state index is 13.7. The second kappa shape index (κ2) is 10.4. The van der Waals surface area contributed by atoms with Crippen molar-refractivity contribution in [1.29, 1.82) is 5.26 Å². The Morgan fingerprint density at radius 3 is 2.68 bits per heavy atom. The highest BCUT2D eigenvalue weighted by atomic mass is 127. The first kappa shape index (κ1) is 21.4. The predicted molar refractivity (Wildman–Crippen MR) is 110 cm³/mol. The molecule has 0 aliphatic rings. The molecule has 2 rings (SSSR count). The molecule has 1 amide bonds. The molecule has 0 aliphatic heterocycles. The van der Waals surface area contributed by atoms with E-state index in [-0.39, 0.29) is 24.5 Å². The van der Waals surface area contributed by atoms with Gasteiger partial charge in [0.05, 0.1) is 15.9 Å². The molecule has 8 heteroatoms. The van der Waals surface area contributed by atoms with E-state index in [1.165, 1.54) is 24.3 Å². The number of anilines is 1. The van der Waals surface area contributed by atoms with Gasteiger partial charge in [-0.25, -0.2) is 9.18 Å². The molecule has 1 N–H and O–H groups in total. The van der Waals surface area contributed by atoms with Crippen LogP contribution in [0.5, 0.6) is 5.75 Å². The van der Waals surface area contributed by atoms with E-state index < -0.39 is 17.7 Å². The molecular formula is C20H16FIN2O4. The van der Waals surface area contributed by atoms with Crippen LogP contribution in [0.2, 0.25) is 0 Å². The largest absolute Gasteiger partial charge is 0.481 e. The van der Waals surface area contributed by atoms with Crippen LogP contribution in [-0.4, -0.2) is 25.1 Å². The number of hydrogen-bond donors (Lipinski definition) is 1. The van der Waals surface area contributed by atoms with Crippen molar-refractivity contribution in [3.63, 3.8) is 0 Å². The molecule has 0 atom stereocenters. The molecule has 144 valence electrons. The Morgan fingerprint density at radius 2 is 2.04 bits per heavy atom. The average Bonchev–Trinajstić information content (AvgIpc) is 2.67. The molecule has 0 saturated heterocycles. The van der Waals surface area contributed by atoms with Crippen LogP contribution in [-0.2, 0) is 14.3 Å². The maximum Gasteiger partial charge on any atom is 0.344 e. The standard InChI is InChI=1S/C20H16FIN2O4/c1-2-27-19(25)12-28-18-8-7-13(10-16(18)22)9-14(11-23)20(26)24-17-6-4-3-5-15(17)21/h3-10H,2,12H2,1H3,(H,24,26)/b14-9-. The highest BCUT2D eigenvalue weighted by molar-refractivity contribution is 14.1. The Bertz CT molecular complexity index is 953. The summed E-state index contributed by atoms with van der Waals surface area (Å²) in [6.45, 7) is 1.76. The van der Waals surface area contributed by atoms with Crippen molar-refractivity contribution in [1.82, 2.24) is 0 Å². The first-order valence-corrected chi connectivity index (χ1v) is 9.28. The van der Waals surface area contributed by atoms with Crippen LogP contribution in [0, 0.1) is 20.7 Å². The fraction of sp³-hybridized carbons (Fsp3) is 0.150. The number of para-hydroxylation sites is 1. The molecule has 2 aromatic rings. The SMILES string of the molecule is CCOC(=O)COc1ccc(/C=C(/C#N)C(=O)Nc2ccccc2F)cc1I. The summed E-state index contributed by atoms with van der Waals surface area (Å²) in [5.74, 6) is -1.31. The number of carbonyl (C=O) groups excluding carboxylic acids is 2. The van der Waals surface area contributed by atoms with Crippen LogP contribution < -0.4 is 10.1 Å². The Hall–Kier alpha value is -2.93. The zero-order chi connectivity index (χ0) is 20.5. The Labute approximate surface area is 175 Å². The Morgan fingerprint density at radius 1 is 1.29 bits per heavy atom. The third-order valence-corrected chi connectivity index (χ3v) is 4.25. The first-order chi connectivity index (χ1) is 13.4. The van der Waals surface area contributed by atoms with E-state index in [4.69, 9.17) is 9.47 Å². The number of esters is 1. The van der Waals surface area contributed by atoms with Gasteiger partial charge in [0.25, 0.3) is 5.91 Å². The van der Waals surface area contributed by atoms with E-state index in [9.17, 15) is 19.2 Å². The molecule has 0 heterocycles. The van der Waals surface area contributed by atoms with E-state index in [1.807, 2.05) is 28.7 Å². The lowest BCUT2D eigenvalue weighted by Gasteiger charge is -2.09. The van der Waals surface area contributed by atoms with Crippen LogP contribution in [0.15, 0.2) is 48.0 Å². The summed E-state index contributed by atoms with van der Waals surface area (Å²) in [5.41, 5.74) is 0.387. The van der Waals surface area contributed by atoms with Gasteiger partial charge in [-0.05, 0) is 65.4 Å². The molecule has 0 spiro atoms. The number of ether oxygens (including phenoxy) is 2. The summed E-state index contributed by atoms with van der Waals surface area (Å²) in [7, 11) is 0. The molecule has 6 nitrogen and oxygen atoms in total.